The Bertz CT molecular complexity index is 2340. The Morgan fingerprint density at radius 2 is 1.33 bits per heavy atom. The summed E-state index contributed by atoms with van der Waals surface area (Å²) in [5.41, 5.74) is 9.49. The highest BCUT2D eigenvalue weighted by Crippen LogP contribution is 2.55. The van der Waals surface area contributed by atoms with Crippen molar-refractivity contribution in [3.8, 4) is 38.4 Å². The van der Waals surface area contributed by atoms with Gasteiger partial charge < -0.3 is 4.57 Å². The topological polar surface area (TPSA) is 4.93 Å². The van der Waals surface area contributed by atoms with E-state index >= 15 is 0 Å². The first-order valence-electron chi connectivity index (χ1n) is 14.1. The summed E-state index contributed by atoms with van der Waals surface area (Å²) in [5, 5.41) is 5.48. The monoisotopic (exact) mass is 559 g/mol. The number of para-hydroxylation sites is 2. The number of rotatable bonds is 2. The van der Waals surface area contributed by atoms with Crippen LogP contribution < -0.4 is 0 Å². The SMILES string of the molecule is C=CC.Fc1ccc2c3c(cccc13)-c1c-2sc2ccc(-c3ccc4c(c3)c3ccccc3n4-c3ccccc3)cc12. The maximum Gasteiger partial charge on any atom is 0.131 e. The van der Waals surface area contributed by atoms with Gasteiger partial charge in [0.15, 0.2) is 0 Å². The molecule has 0 saturated carbocycles. The molecule has 0 amide bonds. The summed E-state index contributed by atoms with van der Waals surface area (Å²) in [6.07, 6.45) is 1.75. The van der Waals surface area contributed by atoms with Crippen molar-refractivity contribution in [1.29, 1.82) is 0 Å². The van der Waals surface area contributed by atoms with Crippen molar-refractivity contribution in [2.45, 2.75) is 6.92 Å². The average Bonchev–Trinajstić information content (AvgIpc) is 3.67. The molecule has 1 aliphatic rings. The van der Waals surface area contributed by atoms with Crippen LogP contribution in [0.25, 0.3) is 81.0 Å². The summed E-state index contributed by atoms with van der Waals surface area (Å²) in [5.74, 6) is -0.154. The molecule has 0 saturated heterocycles. The van der Waals surface area contributed by atoms with Crippen LogP contribution in [0, 0.1) is 5.82 Å². The van der Waals surface area contributed by atoms with Crippen molar-refractivity contribution in [3.05, 3.63) is 140 Å². The third-order valence-electron chi connectivity index (χ3n) is 8.21. The first-order valence-corrected chi connectivity index (χ1v) is 14.9. The number of fused-ring (bicyclic) bond motifs is 8. The third kappa shape index (κ3) is 3.54. The molecule has 0 bridgehead atoms. The lowest BCUT2D eigenvalue weighted by Crippen LogP contribution is -1.92. The Balaban J connectivity index is 0.000000856. The van der Waals surface area contributed by atoms with Gasteiger partial charge in [0.25, 0.3) is 0 Å². The van der Waals surface area contributed by atoms with Crippen molar-refractivity contribution < 1.29 is 4.39 Å². The summed E-state index contributed by atoms with van der Waals surface area (Å²) in [7, 11) is 0. The van der Waals surface area contributed by atoms with Crippen LogP contribution in [0.4, 0.5) is 4.39 Å². The van der Waals surface area contributed by atoms with Crippen LogP contribution in [-0.4, -0.2) is 4.57 Å². The van der Waals surface area contributed by atoms with E-state index in [1.807, 2.05) is 25.1 Å². The van der Waals surface area contributed by atoms with Crippen LogP contribution in [0.1, 0.15) is 6.92 Å². The van der Waals surface area contributed by atoms with Crippen LogP contribution in [0.15, 0.2) is 134 Å². The van der Waals surface area contributed by atoms with E-state index in [-0.39, 0.29) is 5.82 Å². The number of allylic oxidation sites excluding steroid dienone is 1. The van der Waals surface area contributed by atoms with Crippen LogP contribution in [0.5, 0.6) is 0 Å². The van der Waals surface area contributed by atoms with E-state index in [4.69, 9.17) is 0 Å². The lowest BCUT2D eigenvalue weighted by atomic mass is 9.98. The van der Waals surface area contributed by atoms with Gasteiger partial charge in [0, 0.05) is 53.3 Å². The molecule has 200 valence electrons. The number of halogens is 1. The molecule has 0 radical (unpaired) electrons. The van der Waals surface area contributed by atoms with Crippen molar-refractivity contribution in [2.24, 2.45) is 0 Å². The van der Waals surface area contributed by atoms with Crippen molar-refractivity contribution in [1.82, 2.24) is 4.57 Å². The van der Waals surface area contributed by atoms with E-state index in [0.29, 0.717) is 5.39 Å². The minimum Gasteiger partial charge on any atom is -0.309 e. The molecule has 8 aromatic rings. The number of hydrogen-bond donors (Lipinski definition) is 0. The zero-order chi connectivity index (χ0) is 28.4. The predicted molar refractivity (Wildman–Crippen MR) is 179 cm³/mol. The quantitative estimate of drug-likeness (QED) is 0.186. The Morgan fingerprint density at radius 1 is 0.643 bits per heavy atom. The average molecular weight is 560 g/mol. The molecule has 0 aliphatic heterocycles. The second kappa shape index (κ2) is 9.54. The summed E-state index contributed by atoms with van der Waals surface area (Å²) >= 11 is 1.81. The Labute approximate surface area is 247 Å². The first-order chi connectivity index (χ1) is 20.7. The molecular formula is C39H26FNS. The summed E-state index contributed by atoms with van der Waals surface area (Å²) in [6, 6.07) is 42.4. The van der Waals surface area contributed by atoms with Crippen molar-refractivity contribution in [3.63, 3.8) is 0 Å². The summed E-state index contributed by atoms with van der Waals surface area (Å²) in [6.45, 7) is 5.25. The van der Waals surface area contributed by atoms with Gasteiger partial charge in [-0.1, -0.05) is 72.8 Å². The molecule has 3 heteroatoms. The van der Waals surface area contributed by atoms with Gasteiger partial charge in [-0.2, -0.15) is 0 Å². The van der Waals surface area contributed by atoms with Crippen molar-refractivity contribution in [2.75, 3.05) is 0 Å². The lowest BCUT2D eigenvalue weighted by molar-refractivity contribution is 0.640. The second-order valence-electron chi connectivity index (χ2n) is 10.7. The lowest BCUT2D eigenvalue weighted by Gasteiger charge is -2.08. The van der Waals surface area contributed by atoms with Gasteiger partial charge >= 0.3 is 0 Å². The van der Waals surface area contributed by atoms with Gasteiger partial charge in [0.05, 0.1) is 11.0 Å². The van der Waals surface area contributed by atoms with Gasteiger partial charge in [-0.3, -0.25) is 0 Å². The first kappa shape index (κ1) is 24.8. The summed E-state index contributed by atoms with van der Waals surface area (Å²) < 4.78 is 18.3. The molecule has 1 aliphatic carbocycles. The fourth-order valence-corrected chi connectivity index (χ4v) is 7.74. The van der Waals surface area contributed by atoms with E-state index in [2.05, 4.69) is 108 Å². The summed E-state index contributed by atoms with van der Waals surface area (Å²) in [4.78, 5) is 1.25. The fourth-order valence-electron chi connectivity index (χ4n) is 6.51. The van der Waals surface area contributed by atoms with Gasteiger partial charge in [-0.25, -0.2) is 4.39 Å². The number of hydrogen-bond acceptors (Lipinski definition) is 1. The molecule has 2 aromatic heterocycles. The minimum absolute atomic E-state index is 0.154. The van der Waals surface area contributed by atoms with Gasteiger partial charge in [-0.05, 0) is 78.2 Å². The maximum absolute atomic E-state index is 14.7. The van der Waals surface area contributed by atoms with Gasteiger partial charge in [-0.15, -0.1) is 17.9 Å². The molecule has 0 N–H and O–H groups in total. The maximum atomic E-state index is 14.7. The highest BCUT2D eigenvalue weighted by atomic mass is 32.1. The molecule has 0 unspecified atom stereocenters. The van der Waals surface area contributed by atoms with Gasteiger partial charge in [0.1, 0.15) is 5.82 Å². The van der Waals surface area contributed by atoms with Crippen LogP contribution in [0.2, 0.25) is 0 Å². The largest absolute Gasteiger partial charge is 0.309 e. The predicted octanol–water partition coefficient (Wildman–Crippen LogP) is 11.8. The third-order valence-corrected chi connectivity index (χ3v) is 9.41. The Morgan fingerprint density at radius 3 is 2.17 bits per heavy atom. The molecule has 42 heavy (non-hydrogen) atoms. The number of nitrogens with zero attached hydrogens (tertiary/aromatic N) is 1. The van der Waals surface area contributed by atoms with Crippen molar-refractivity contribution >= 4 is 54.0 Å². The molecule has 6 aromatic carbocycles. The van der Waals surface area contributed by atoms with Crippen LogP contribution >= 0.6 is 11.3 Å². The molecule has 1 nitrogen and oxygen atoms in total. The number of benzene rings is 6. The standard InChI is InChI=1S/C36H20FNS.C3H6/c37-30-16-15-27-34-25(30)10-6-11-26(34)35-29-20-22(14-18-33(29)39-36(27)35)21-13-17-32-28(19-21)24-9-4-5-12-31(24)38(32)23-7-2-1-3-8-23;1-3-2/h1-20H;3H,1H2,2H3. The highest BCUT2D eigenvalue weighted by Gasteiger charge is 2.27. The molecular weight excluding hydrogens is 534 g/mol. The molecule has 0 fully saturated rings. The number of thiophene rings is 1. The van der Waals surface area contributed by atoms with E-state index in [1.165, 1.54) is 53.5 Å². The zero-order valence-corrected chi connectivity index (χ0v) is 23.9. The zero-order valence-electron chi connectivity index (χ0n) is 23.1. The van der Waals surface area contributed by atoms with E-state index in [1.54, 1.807) is 23.5 Å². The van der Waals surface area contributed by atoms with Crippen LogP contribution in [0.3, 0.4) is 0 Å². The fraction of sp³-hybridized carbons (Fsp3) is 0.0256. The molecule has 9 rings (SSSR count). The highest BCUT2D eigenvalue weighted by molar-refractivity contribution is 7.23. The van der Waals surface area contributed by atoms with E-state index < -0.39 is 0 Å². The Hall–Kier alpha value is -4.99. The van der Waals surface area contributed by atoms with E-state index in [9.17, 15) is 4.39 Å². The second-order valence-corrected chi connectivity index (χ2v) is 11.7. The van der Waals surface area contributed by atoms with E-state index in [0.717, 1.165) is 22.2 Å². The normalized spacial score (nSPS) is 11.7. The Kier molecular flexibility index (Phi) is 5.63. The minimum atomic E-state index is -0.154. The number of aromatic nitrogens is 1. The smallest absolute Gasteiger partial charge is 0.131 e. The van der Waals surface area contributed by atoms with Gasteiger partial charge in [0.2, 0.25) is 0 Å². The van der Waals surface area contributed by atoms with Crippen LogP contribution in [-0.2, 0) is 0 Å². The molecule has 0 spiro atoms. The molecule has 2 heterocycles. The molecule has 0 atom stereocenters.